The van der Waals surface area contributed by atoms with E-state index in [1.807, 2.05) is 4.90 Å². The van der Waals surface area contributed by atoms with Gasteiger partial charge in [0.05, 0.1) is 5.54 Å². The van der Waals surface area contributed by atoms with E-state index in [1.165, 1.54) is 19.3 Å². The van der Waals surface area contributed by atoms with Crippen LogP contribution in [0.15, 0.2) is 0 Å². The van der Waals surface area contributed by atoms with Crippen LogP contribution < -0.4 is 5.73 Å². The Morgan fingerprint density at radius 1 is 1.33 bits per heavy atom. The third-order valence-electron chi connectivity index (χ3n) is 4.88. The number of carbonyl (C=O) groups excluding carboxylic acids is 1. The molecule has 1 aliphatic carbocycles. The van der Waals surface area contributed by atoms with Gasteiger partial charge in [0.2, 0.25) is 5.91 Å². The van der Waals surface area contributed by atoms with E-state index in [2.05, 4.69) is 20.8 Å². The number of nitrogens with two attached hydrogens (primary N) is 1. The number of nitrogens with zero attached hydrogens (tertiary/aromatic N) is 1. The average Bonchev–Trinajstić information content (AvgIpc) is 2.24. The highest BCUT2D eigenvalue weighted by molar-refractivity contribution is 5.81. The topological polar surface area (TPSA) is 46.3 Å². The minimum atomic E-state index is -0.0940. The van der Waals surface area contributed by atoms with Crippen LogP contribution in [-0.4, -0.2) is 29.4 Å². The predicted octanol–water partition coefficient (Wildman–Crippen LogP) is 2.54. The van der Waals surface area contributed by atoms with Crippen LogP contribution in [0.4, 0.5) is 0 Å². The number of rotatable bonds is 3. The van der Waals surface area contributed by atoms with Gasteiger partial charge in [-0.1, -0.05) is 40.0 Å². The zero-order valence-electron chi connectivity index (χ0n) is 12.2. The second kappa shape index (κ2) is 4.84. The number of carbonyl (C=O) groups is 1. The van der Waals surface area contributed by atoms with E-state index in [1.54, 1.807) is 0 Å². The standard InChI is InChI=1S/C15H28N2O/c1-4-8-15(16)10-17(11-15)13(18)12-7-5-6-9-14(12,2)3/h12H,4-11,16H2,1-3H3. The third kappa shape index (κ3) is 2.56. The van der Waals surface area contributed by atoms with Crippen molar-refractivity contribution in [2.24, 2.45) is 17.1 Å². The summed E-state index contributed by atoms with van der Waals surface area (Å²) in [5.74, 6) is 0.578. The van der Waals surface area contributed by atoms with Gasteiger partial charge in [-0.3, -0.25) is 4.79 Å². The molecule has 104 valence electrons. The van der Waals surface area contributed by atoms with Crippen LogP contribution in [0, 0.1) is 11.3 Å². The van der Waals surface area contributed by atoms with Crippen molar-refractivity contribution >= 4 is 5.91 Å². The van der Waals surface area contributed by atoms with E-state index >= 15 is 0 Å². The molecule has 2 N–H and O–H groups in total. The van der Waals surface area contributed by atoms with Crippen molar-refractivity contribution in [1.82, 2.24) is 4.90 Å². The molecule has 2 rings (SSSR count). The minimum absolute atomic E-state index is 0.0940. The Morgan fingerprint density at radius 2 is 2.00 bits per heavy atom. The van der Waals surface area contributed by atoms with Crippen LogP contribution >= 0.6 is 0 Å². The molecule has 0 bridgehead atoms. The first-order valence-corrected chi connectivity index (χ1v) is 7.46. The molecule has 1 saturated carbocycles. The number of amides is 1. The Kier molecular flexibility index (Phi) is 3.72. The molecule has 1 atom stereocenters. The molecule has 2 aliphatic rings. The molecule has 0 aromatic carbocycles. The zero-order chi connectivity index (χ0) is 13.4. The molecule has 18 heavy (non-hydrogen) atoms. The van der Waals surface area contributed by atoms with E-state index in [4.69, 9.17) is 5.73 Å². The summed E-state index contributed by atoms with van der Waals surface area (Å²) in [6, 6.07) is 0. The summed E-state index contributed by atoms with van der Waals surface area (Å²) < 4.78 is 0. The molecule has 1 saturated heterocycles. The van der Waals surface area contributed by atoms with Gasteiger partial charge in [-0.15, -0.1) is 0 Å². The summed E-state index contributed by atoms with van der Waals surface area (Å²) in [5, 5.41) is 0. The van der Waals surface area contributed by atoms with Gasteiger partial charge in [0.25, 0.3) is 0 Å². The van der Waals surface area contributed by atoms with Gasteiger partial charge in [0.1, 0.15) is 0 Å². The van der Waals surface area contributed by atoms with Gasteiger partial charge < -0.3 is 10.6 Å². The largest absolute Gasteiger partial charge is 0.339 e. The summed E-state index contributed by atoms with van der Waals surface area (Å²) in [7, 11) is 0. The highest BCUT2D eigenvalue weighted by Crippen LogP contribution is 2.42. The Bertz CT molecular complexity index is 318. The van der Waals surface area contributed by atoms with E-state index in [-0.39, 0.29) is 16.9 Å². The fraction of sp³-hybridized carbons (Fsp3) is 0.933. The van der Waals surface area contributed by atoms with Crippen molar-refractivity contribution in [2.75, 3.05) is 13.1 Å². The number of hydrogen-bond acceptors (Lipinski definition) is 2. The van der Waals surface area contributed by atoms with Crippen LogP contribution in [-0.2, 0) is 4.79 Å². The normalized spacial score (nSPS) is 29.8. The monoisotopic (exact) mass is 252 g/mol. The summed E-state index contributed by atoms with van der Waals surface area (Å²) in [4.78, 5) is 14.6. The maximum atomic E-state index is 12.6. The summed E-state index contributed by atoms with van der Waals surface area (Å²) in [5.41, 5.74) is 6.32. The van der Waals surface area contributed by atoms with Crippen LogP contribution in [0.25, 0.3) is 0 Å². The molecule has 1 heterocycles. The van der Waals surface area contributed by atoms with Gasteiger partial charge in [-0.2, -0.15) is 0 Å². The third-order valence-corrected chi connectivity index (χ3v) is 4.88. The zero-order valence-corrected chi connectivity index (χ0v) is 12.2. The summed E-state index contributed by atoms with van der Waals surface area (Å²) >= 11 is 0. The van der Waals surface area contributed by atoms with Crippen molar-refractivity contribution in [3.05, 3.63) is 0 Å². The number of hydrogen-bond donors (Lipinski definition) is 1. The molecule has 2 fully saturated rings. The fourth-order valence-electron chi connectivity index (χ4n) is 3.70. The lowest BCUT2D eigenvalue weighted by atomic mass is 9.67. The van der Waals surface area contributed by atoms with Crippen LogP contribution in [0.2, 0.25) is 0 Å². The number of likely N-dealkylation sites (tertiary alicyclic amines) is 1. The smallest absolute Gasteiger partial charge is 0.226 e. The molecule has 0 spiro atoms. The first-order valence-electron chi connectivity index (χ1n) is 7.46. The lowest BCUT2D eigenvalue weighted by Gasteiger charge is -2.51. The highest BCUT2D eigenvalue weighted by atomic mass is 16.2. The molecule has 1 amide bonds. The maximum absolute atomic E-state index is 12.6. The molecule has 3 nitrogen and oxygen atoms in total. The van der Waals surface area contributed by atoms with E-state index in [0.29, 0.717) is 5.91 Å². The quantitative estimate of drug-likeness (QED) is 0.839. The Balaban J connectivity index is 1.93. The van der Waals surface area contributed by atoms with E-state index in [0.717, 1.165) is 32.4 Å². The van der Waals surface area contributed by atoms with Gasteiger partial charge in [0.15, 0.2) is 0 Å². The van der Waals surface area contributed by atoms with Crippen molar-refractivity contribution in [3.63, 3.8) is 0 Å². The first-order chi connectivity index (χ1) is 8.38. The van der Waals surface area contributed by atoms with Gasteiger partial charge in [0, 0.05) is 19.0 Å². The predicted molar refractivity (Wildman–Crippen MR) is 74.1 cm³/mol. The minimum Gasteiger partial charge on any atom is -0.339 e. The van der Waals surface area contributed by atoms with Crippen molar-refractivity contribution in [1.29, 1.82) is 0 Å². The highest BCUT2D eigenvalue weighted by Gasteiger charge is 2.46. The van der Waals surface area contributed by atoms with Crippen molar-refractivity contribution in [3.8, 4) is 0 Å². The van der Waals surface area contributed by atoms with Gasteiger partial charge in [-0.05, 0) is 24.7 Å². The average molecular weight is 252 g/mol. The molecule has 1 unspecified atom stereocenters. The van der Waals surface area contributed by atoms with Gasteiger partial charge >= 0.3 is 0 Å². The molecule has 0 aromatic heterocycles. The summed E-state index contributed by atoms with van der Waals surface area (Å²) in [6.07, 6.45) is 6.86. The summed E-state index contributed by atoms with van der Waals surface area (Å²) in [6.45, 7) is 8.19. The van der Waals surface area contributed by atoms with Crippen molar-refractivity contribution in [2.45, 2.75) is 64.8 Å². The second-order valence-corrected chi connectivity index (χ2v) is 7.09. The van der Waals surface area contributed by atoms with Crippen LogP contribution in [0.3, 0.4) is 0 Å². The molecule has 1 aliphatic heterocycles. The fourth-order valence-corrected chi connectivity index (χ4v) is 3.70. The molecular weight excluding hydrogens is 224 g/mol. The van der Waals surface area contributed by atoms with E-state index < -0.39 is 0 Å². The molecule has 0 radical (unpaired) electrons. The Morgan fingerprint density at radius 3 is 2.56 bits per heavy atom. The second-order valence-electron chi connectivity index (χ2n) is 7.09. The van der Waals surface area contributed by atoms with Crippen LogP contribution in [0.1, 0.15) is 59.3 Å². The van der Waals surface area contributed by atoms with Gasteiger partial charge in [-0.25, -0.2) is 0 Å². The molecule has 3 heteroatoms. The molecule has 0 aromatic rings. The lowest BCUT2D eigenvalue weighted by molar-refractivity contribution is -0.149. The Hall–Kier alpha value is -0.570. The molecular formula is C15H28N2O. The van der Waals surface area contributed by atoms with E-state index in [9.17, 15) is 4.79 Å². The van der Waals surface area contributed by atoms with Crippen LogP contribution in [0.5, 0.6) is 0 Å². The maximum Gasteiger partial charge on any atom is 0.226 e. The Labute approximate surface area is 111 Å². The SMILES string of the molecule is CCCC1(N)CN(C(=O)C2CCCCC2(C)C)C1. The van der Waals surface area contributed by atoms with Crippen molar-refractivity contribution < 1.29 is 4.79 Å². The first kappa shape index (κ1) is 13.9. The lowest BCUT2D eigenvalue weighted by Crippen LogP contribution is -2.69.